The lowest BCUT2D eigenvalue weighted by molar-refractivity contribution is -0.123. The Bertz CT molecular complexity index is 1530. The highest BCUT2D eigenvalue weighted by molar-refractivity contribution is 7.09. The minimum absolute atomic E-state index is 0.102. The van der Waals surface area contributed by atoms with Gasteiger partial charge in [-0.3, -0.25) is 14.5 Å². The van der Waals surface area contributed by atoms with E-state index in [0.717, 1.165) is 68.6 Å². The molecule has 8 heteroatoms. The van der Waals surface area contributed by atoms with Gasteiger partial charge < -0.3 is 15.2 Å². The predicted molar refractivity (Wildman–Crippen MR) is 185 cm³/mol. The van der Waals surface area contributed by atoms with Crippen molar-refractivity contribution in [1.29, 1.82) is 0 Å². The van der Waals surface area contributed by atoms with Crippen molar-refractivity contribution in [3.8, 4) is 0 Å². The fourth-order valence-corrected chi connectivity index (χ4v) is 7.36. The number of benzene rings is 2. The highest BCUT2D eigenvalue weighted by atomic mass is 32.1. The number of carbonyl (C=O) groups is 2. The van der Waals surface area contributed by atoms with Crippen molar-refractivity contribution < 1.29 is 9.59 Å². The summed E-state index contributed by atoms with van der Waals surface area (Å²) in [5.74, 6) is 1.35. The average Bonchev–Trinajstić information content (AvgIpc) is 3.68. The van der Waals surface area contributed by atoms with Crippen LogP contribution in [0.3, 0.4) is 0 Å². The zero-order chi connectivity index (χ0) is 31.8. The van der Waals surface area contributed by atoms with Crippen molar-refractivity contribution in [3.05, 3.63) is 87.9 Å². The number of nitrogens with zero attached hydrogens (tertiary/aromatic N) is 3. The van der Waals surface area contributed by atoms with E-state index < -0.39 is 6.04 Å². The van der Waals surface area contributed by atoms with Crippen LogP contribution in [0.5, 0.6) is 0 Å². The van der Waals surface area contributed by atoms with Crippen LogP contribution in [0.1, 0.15) is 92.5 Å². The van der Waals surface area contributed by atoms with Crippen LogP contribution < -0.4 is 10.6 Å². The highest BCUT2D eigenvalue weighted by Crippen LogP contribution is 2.28. The van der Waals surface area contributed by atoms with E-state index in [-0.39, 0.29) is 17.7 Å². The van der Waals surface area contributed by atoms with Gasteiger partial charge in [0.25, 0.3) is 5.91 Å². The number of imidazole rings is 1. The summed E-state index contributed by atoms with van der Waals surface area (Å²) in [6, 6.07) is 20.3. The summed E-state index contributed by atoms with van der Waals surface area (Å²) in [5.41, 5.74) is 3.73. The summed E-state index contributed by atoms with van der Waals surface area (Å²) in [6.45, 7) is 12.2. The number of hydrogen-bond acceptors (Lipinski definition) is 5. The van der Waals surface area contributed by atoms with Crippen LogP contribution in [0.25, 0.3) is 11.0 Å². The van der Waals surface area contributed by atoms with Crippen LogP contribution in [0.4, 0.5) is 0 Å². The third-order valence-electron chi connectivity index (χ3n) is 8.99. The van der Waals surface area contributed by atoms with E-state index in [0.29, 0.717) is 30.5 Å². The molecule has 0 bridgehead atoms. The molecule has 240 valence electrons. The van der Waals surface area contributed by atoms with Gasteiger partial charge in [-0.05, 0) is 85.7 Å². The SMILES string of the molecule is CCC(CC)n1c(Cc2cccs2)nc2cc(C(=O)N[C@@H](CC(C)C)C(=O)NCC3CCCN(Cc4ccccc4)C3)ccc21. The average molecular weight is 628 g/mol. The fourth-order valence-electron chi connectivity index (χ4n) is 6.66. The molecule has 2 aromatic carbocycles. The van der Waals surface area contributed by atoms with Gasteiger partial charge in [-0.2, -0.15) is 0 Å². The molecule has 2 N–H and O–H groups in total. The van der Waals surface area contributed by atoms with Crippen molar-refractivity contribution in [2.24, 2.45) is 11.8 Å². The molecule has 0 saturated carbocycles. The molecule has 2 atom stereocenters. The van der Waals surface area contributed by atoms with Crippen LogP contribution in [0.2, 0.25) is 0 Å². The van der Waals surface area contributed by atoms with Crippen molar-refractivity contribution in [2.75, 3.05) is 19.6 Å². The van der Waals surface area contributed by atoms with Crippen molar-refractivity contribution in [3.63, 3.8) is 0 Å². The van der Waals surface area contributed by atoms with Crippen LogP contribution in [0.15, 0.2) is 66.0 Å². The normalized spacial score (nSPS) is 16.4. The molecule has 5 rings (SSSR count). The number of thiophene rings is 1. The van der Waals surface area contributed by atoms with Gasteiger partial charge in [0.15, 0.2) is 0 Å². The largest absolute Gasteiger partial charge is 0.354 e. The van der Waals surface area contributed by atoms with Gasteiger partial charge in [-0.25, -0.2) is 4.98 Å². The molecular weight excluding hydrogens is 579 g/mol. The number of fused-ring (bicyclic) bond motifs is 1. The van der Waals surface area contributed by atoms with E-state index in [1.54, 1.807) is 11.3 Å². The molecule has 45 heavy (non-hydrogen) atoms. The van der Waals surface area contributed by atoms with E-state index in [1.807, 2.05) is 18.2 Å². The number of aromatic nitrogens is 2. The van der Waals surface area contributed by atoms with Crippen LogP contribution >= 0.6 is 11.3 Å². The van der Waals surface area contributed by atoms with Gasteiger partial charge in [-0.15, -0.1) is 11.3 Å². The summed E-state index contributed by atoms with van der Waals surface area (Å²) in [4.78, 5) is 35.8. The number of rotatable bonds is 14. The Kier molecular flexibility index (Phi) is 11.5. The first-order valence-electron chi connectivity index (χ1n) is 16.7. The lowest BCUT2D eigenvalue weighted by Crippen LogP contribution is -2.49. The fraction of sp³-hybridized carbons (Fsp3) is 0.486. The predicted octanol–water partition coefficient (Wildman–Crippen LogP) is 7.22. The zero-order valence-electron chi connectivity index (χ0n) is 27.3. The molecule has 3 heterocycles. The quantitative estimate of drug-likeness (QED) is 0.155. The van der Waals surface area contributed by atoms with Crippen LogP contribution in [-0.2, 0) is 17.8 Å². The molecule has 0 radical (unpaired) electrons. The number of amides is 2. The Morgan fingerprint density at radius 2 is 1.84 bits per heavy atom. The summed E-state index contributed by atoms with van der Waals surface area (Å²) in [7, 11) is 0. The molecule has 1 aliphatic heterocycles. The lowest BCUT2D eigenvalue weighted by atomic mass is 9.97. The molecule has 4 aromatic rings. The minimum atomic E-state index is -0.589. The minimum Gasteiger partial charge on any atom is -0.354 e. The Hall–Kier alpha value is -3.49. The molecule has 0 aliphatic carbocycles. The van der Waals surface area contributed by atoms with Crippen molar-refractivity contribution >= 4 is 34.2 Å². The highest BCUT2D eigenvalue weighted by Gasteiger charge is 2.26. The number of nitrogens with one attached hydrogen (secondary N) is 2. The number of piperidine rings is 1. The molecule has 1 saturated heterocycles. The topological polar surface area (TPSA) is 79.3 Å². The smallest absolute Gasteiger partial charge is 0.252 e. The molecule has 1 aliphatic rings. The van der Waals surface area contributed by atoms with Gasteiger partial charge in [0.2, 0.25) is 5.91 Å². The van der Waals surface area contributed by atoms with E-state index in [9.17, 15) is 9.59 Å². The van der Waals surface area contributed by atoms with Crippen LogP contribution in [0, 0.1) is 11.8 Å². The van der Waals surface area contributed by atoms with Gasteiger partial charge in [0.05, 0.1) is 11.0 Å². The Labute approximate surface area is 272 Å². The van der Waals surface area contributed by atoms with Gasteiger partial charge in [0.1, 0.15) is 11.9 Å². The zero-order valence-corrected chi connectivity index (χ0v) is 28.1. The maximum absolute atomic E-state index is 13.6. The standard InChI is InChI=1S/C37H49N5O2S/c1-5-30(6-2)42-34-17-16-29(21-32(34)39-35(42)22-31-15-11-19-45-31)36(43)40-33(20-26(3)4)37(44)38-23-28-14-10-18-41(25-28)24-27-12-8-7-9-13-27/h7-9,11-13,15-17,19,21,26,28,30,33H,5-6,10,14,18,20,22-25H2,1-4H3,(H,38,44)(H,40,43)/t28?,33-/m0/s1. The molecule has 1 unspecified atom stereocenters. The van der Waals surface area contributed by atoms with E-state index in [4.69, 9.17) is 4.98 Å². The first kappa shape index (κ1) is 32.9. The molecule has 2 aromatic heterocycles. The first-order valence-corrected chi connectivity index (χ1v) is 17.6. The van der Waals surface area contributed by atoms with Crippen LogP contribution in [-0.4, -0.2) is 51.9 Å². The van der Waals surface area contributed by atoms with E-state index in [1.165, 1.54) is 10.4 Å². The molecule has 1 fully saturated rings. The molecule has 0 spiro atoms. The Balaban J connectivity index is 1.25. The second kappa shape index (κ2) is 15.7. The van der Waals surface area contributed by atoms with E-state index in [2.05, 4.69) is 95.6 Å². The summed E-state index contributed by atoms with van der Waals surface area (Å²) in [5, 5.41) is 8.36. The van der Waals surface area contributed by atoms with Gasteiger partial charge >= 0.3 is 0 Å². The maximum Gasteiger partial charge on any atom is 0.252 e. The molecule has 7 nitrogen and oxygen atoms in total. The van der Waals surface area contributed by atoms with Crippen molar-refractivity contribution in [2.45, 2.75) is 84.8 Å². The maximum atomic E-state index is 13.6. The molecular formula is C37H49N5O2S. The van der Waals surface area contributed by atoms with Crippen molar-refractivity contribution in [1.82, 2.24) is 25.1 Å². The Morgan fingerprint density at radius 1 is 1.04 bits per heavy atom. The third-order valence-corrected chi connectivity index (χ3v) is 9.87. The Morgan fingerprint density at radius 3 is 2.56 bits per heavy atom. The summed E-state index contributed by atoms with van der Waals surface area (Å²) < 4.78 is 2.36. The second-order valence-corrected chi connectivity index (χ2v) is 14.0. The van der Waals surface area contributed by atoms with E-state index >= 15 is 0 Å². The second-order valence-electron chi connectivity index (χ2n) is 13.0. The molecule has 2 amide bonds. The summed E-state index contributed by atoms with van der Waals surface area (Å²) in [6.07, 6.45) is 5.61. The number of hydrogen-bond donors (Lipinski definition) is 2. The monoisotopic (exact) mass is 627 g/mol. The first-order chi connectivity index (χ1) is 21.8. The summed E-state index contributed by atoms with van der Waals surface area (Å²) >= 11 is 1.74. The van der Waals surface area contributed by atoms with Gasteiger partial charge in [0, 0.05) is 42.5 Å². The third kappa shape index (κ3) is 8.61. The van der Waals surface area contributed by atoms with Gasteiger partial charge in [-0.1, -0.05) is 64.1 Å². The number of carbonyl (C=O) groups excluding carboxylic acids is 2. The lowest BCUT2D eigenvalue weighted by Gasteiger charge is -2.33. The number of likely N-dealkylation sites (tertiary alicyclic amines) is 1.